The molecule has 7 heteroatoms. The zero-order valence-electron chi connectivity index (χ0n) is 18.4. The average molecular weight is 435 g/mol. The van der Waals surface area contributed by atoms with E-state index in [9.17, 15) is 0 Å². The molecule has 0 aliphatic heterocycles. The van der Waals surface area contributed by atoms with Crippen molar-refractivity contribution in [1.82, 2.24) is 9.97 Å². The minimum Gasteiger partial charge on any atom is -0.464 e. The van der Waals surface area contributed by atoms with Gasteiger partial charge in [0.05, 0.1) is 29.5 Å². The second kappa shape index (κ2) is 9.67. The largest absolute Gasteiger partial charge is 0.464 e. The third-order valence-corrected chi connectivity index (χ3v) is 5.21. The van der Waals surface area contributed by atoms with E-state index in [-0.39, 0.29) is 0 Å². The van der Waals surface area contributed by atoms with Gasteiger partial charge in [0.1, 0.15) is 11.6 Å². The number of nitrogens with one attached hydrogen (secondary N) is 2. The van der Waals surface area contributed by atoms with Crippen molar-refractivity contribution < 1.29 is 4.42 Å². The minimum absolute atomic E-state index is 0.415. The SMILES string of the molecule is Cc1cc(CCC#N)cc(C)c1Nc1nc(Nc2ccc(C#N)cc2)ncc1-c1ccco1. The first kappa shape index (κ1) is 21.6. The average Bonchev–Trinajstić information content (AvgIpc) is 3.35. The second-order valence-corrected chi connectivity index (χ2v) is 7.64. The Morgan fingerprint density at radius 2 is 1.76 bits per heavy atom. The number of nitriles is 2. The molecule has 33 heavy (non-hydrogen) atoms. The van der Waals surface area contributed by atoms with Crippen molar-refractivity contribution in [3.05, 3.63) is 83.2 Å². The first-order valence-electron chi connectivity index (χ1n) is 10.5. The molecular weight excluding hydrogens is 412 g/mol. The molecule has 0 fully saturated rings. The van der Waals surface area contributed by atoms with Gasteiger partial charge in [0.25, 0.3) is 0 Å². The van der Waals surface area contributed by atoms with E-state index in [2.05, 4.69) is 39.9 Å². The van der Waals surface area contributed by atoms with E-state index in [1.54, 1.807) is 24.6 Å². The van der Waals surface area contributed by atoms with Crippen LogP contribution in [0.25, 0.3) is 11.3 Å². The predicted octanol–water partition coefficient (Wildman–Crippen LogP) is 6.17. The second-order valence-electron chi connectivity index (χ2n) is 7.64. The monoisotopic (exact) mass is 434 g/mol. The van der Waals surface area contributed by atoms with Gasteiger partial charge in [-0.2, -0.15) is 15.5 Å². The molecule has 0 saturated heterocycles. The molecule has 0 atom stereocenters. The van der Waals surface area contributed by atoms with Gasteiger partial charge in [0, 0.05) is 24.0 Å². The molecule has 2 aromatic carbocycles. The Bertz CT molecular complexity index is 1320. The fourth-order valence-corrected chi connectivity index (χ4v) is 3.62. The highest BCUT2D eigenvalue weighted by Gasteiger charge is 2.15. The highest BCUT2D eigenvalue weighted by molar-refractivity contribution is 5.78. The van der Waals surface area contributed by atoms with E-state index in [4.69, 9.17) is 19.9 Å². The number of hydrogen-bond acceptors (Lipinski definition) is 7. The van der Waals surface area contributed by atoms with Crippen molar-refractivity contribution >= 4 is 23.1 Å². The van der Waals surface area contributed by atoms with Gasteiger partial charge < -0.3 is 15.1 Å². The van der Waals surface area contributed by atoms with Gasteiger partial charge in [-0.05, 0) is 73.4 Å². The molecular formula is C26H22N6O. The van der Waals surface area contributed by atoms with Gasteiger partial charge in [-0.15, -0.1) is 0 Å². The van der Waals surface area contributed by atoms with Gasteiger partial charge in [0.2, 0.25) is 5.95 Å². The Hall–Kier alpha value is -4.62. The topological polar surface area (TPSA) is 111 Å². The summed E-state index contributed by atoms with van der Waals surface area (Å²) in [5, 5.41) is 24.5. The van der Waals surface area contributed by atoms with Crippen LogP contribution >= 0.6 is 0 Å². The number of rotatable bonds is 7. The van der Waals surface area contributed by atoms with Crippen molar-refractivity contribution in [2.45, 2.75) is 26.7 Å². The maximum absolute atomic E-state index is 8.99. The van der Waals surface area contributed by atoms with Gasteiger partial charge in [-0.1, -0.05) is 12.1 Å². The first-order valence-corrected chi connectivity index (χ1v) is 10.5. The summed E-state index contributed by atoms with van der Waals surface area (Å²) in [6, 6.07) is 19.3. The van der Waals surface area contributed by atoms with Gasteiger partial charge in [-0.25, -0.2) is 4.98 Å². The minimum atomic E-state index is 0.415. The van der Waals surface area contributed by atoms with Gasteiger partial charge in [-0.3, -0.25) is 0 Å². The summed E-state index contributed by atoms with van der Waals surface area (Å²) >= 11 is 0. The standard InChI is InChI=1S/C26H22N6O/c1-17-13-20(5-3-11-27)14-18(2)24(17)31-25-22(23-6-4-12-33-23)16-29-26(32-25)30-21-9-7-19(15-28)8-10-21/h4,6-10,12-14,16H,3,5H2,1-2H3,(H2,29,30,31,32). The Morgan fingerprint density at radius 3 is 2.39 bits per heavy atom. The van der Waals surface area contributed by atoms with E-state index >= 15 is 0 Å². The zero-order valence-corrected chi connectivity index (χ0v) is 18.4. The molecule has 2 heterocycles. The van der Waals surface area contributed by atoms with Crippen molar-refractivity contribution in [2.24, 2.45) is 0 Å². The highest BCUT2D eigenvalue weighted by Crippen LogP contribution is 2.33. The lowest BCUT2D eigenvalue weighted by atomic mass is 10.0. The van der Waals surface area contributed by atoms with Crippen LogP contribution in [-0.4, -0.2) is 9.97 Å². The van der Waals surface area contributed by atoms with Crippen molar-refractivity contribution in [1.29, 1.82) is 10.5 Å². The first-order chi connectivity index (χ1) is 16.1. The van der Waals surface area contributed by atoms with Crippen molar-refractivity contribution in [2.75, 3.05) is 10.6 Å². The molecule has 0 amide bonds. The van der Waals surface area contributed by atoms with Crippen molar-refractivity contribution in [3.8, 4) is 23.5 Å². The third-order valence-electron chi connectivity index (χ3n) is 5.21. The summed E-state index contributed by atoms with van der Waals surface area (Å²) in [5.74, 6) is 1.67. The maximum Gasteiger partial charge on any atom is 0.229 e. The summed E-state index contributed by atoms with van der Waals surface area (Å²) in [4.78, 5) is 9.16. The van der Waals surface area contributed by atoms with Crippen LogP contribution in [-0.2, 0) is 6.42 Å². The van der Waals surface area contributed by atoms with Gasteiger partial charge in [0.15, 0.2) is 0 Å². The van der Waals surface area contributed by atoms with Crippen LogP contribution < -0.4 is 10.6 Å². The number of aryl methyl sites for hydroxylation is 3. The Balaban J connectivity index is 1.69. The summed E-state index contributed by atoms with van der Waals surface area (Å²) < 4.78 is 5.60. The molecule has 0 aliphatic carbocycles. The van der Waals surface area contributed by atoms with Crippen LogP contribution in [0, 0.1) is 36.5 Å². The third kappa shape index (κ3) is 5.00. The number of aromatic nitrogens is 2. The number of hydrogen-bond donors (Lipinski definition) is 2. The molecule has 0 unspecified atom stereocenters. The number of anilines is 4. The summed E-state index contributed by atoms with van der Waals surface area (Å²) in [7, 11) is 0. The van der Waals surface area contributed by atoms with Crippen LogP contribution in [0.5, 0.6) is 0 Å². The highest BCUT2D eigenvalue weighted by atomic mass is 16.3. The quantitative estimate of drug-likeness (QED) is 0.358. The Morgan fingerprint density at radius 1 is 1.00 bits per heavy atom. The van der Waals surface area contributed by atoms with Gasteiger partial charge >= 0.3 is 0 Å². The maximum atomic E-state index is 8.99. The summed E-state index contributed by atoms with van der Waals surface area (Å²) in [6.45, 7) is 4.07. The van der Waals surface area contributed by atoms with E-state index in [1.165, 1.54) is 0 Å². The lowest BCUT2D eigenvalue weighted by Crippen LogP contribution is -2.05. The van der Waals surface area contributed by atoms with Crippen LogP contribution in [0.4, 0.5) is 23.1 Å². The van der Waals surface area contributed by atoms with E-state index in [0.29, 0.717) is 29.5 Å². The van der Waals surface area contributed by atoms with E-state index < -0.39 is 0 Å². The Kier molecular flexibility index (Phi) is 6.33. The molecule has 7 nitrogen and oxygen atoms in total. The zero-order chi connectivity index (χ0) is 23.2. The van der Waals surface area contributed by atoms with E-state index in [0.717, 1.165) is 40.0 Å². The predicted molar refractivity (Wildman–Crippen MR) is 127 cm³/mol. The molecule has 4 aromatic rings. The van der Waals surface area contributed by atoms with Crippen LogP contribution in [0.1, 0.15) is 28.7 Å². The summed E-state index contributed by atoms with van der Waals surface area (Å²) in [6.07, 6.45) is 4.54. The molecule has 0 radical (unpaired) electrons. The molecule has 2 aromatic heterocycles. The van der Waals surface area contributed by atoms with Crippen molar-refractivity contribution in [3.63, 3.8) is 0 Å². The lowest BCUT2D eigenvalue weighted by molar-refractivity contribution is 0.582. The Labute approximate surface area is 192 Å². The van der Waals surface area contributed by atoms with E-state index in [1.807, 2.05) is 38.1 Å². The molecule has 0 bridgehead atoms. The fourth-order valence-electron chi connectivity index (χ4n) is 3.62. The van der Waals surface area contributed by atoms with Crippen LogP contribution in [0.3, 0.4) is 0 Å². The molecule has 0 spiro atoms. The van der Waals surface area contributed by atoms with Crippen LogP contribution in [0.2, 0.25) is 0 Å². The molecule has 0 saturated carbocycles. The smallest absolute Gasteiger partial charge is 0.229 e. The molecule has 0 aliphatic rings. The molecule has 162 valence electrons. The fraction of sp³-hybridized carbons (Fsp3) is 0.154. The molecule has 2 N–H and O–H groups in total. The number of furan rings is 1. The number of benzene rings is 2. The molecule has 4 rings (SSSR count). The number of nitrogens with zero attached hydrogens (tertiary/aromatic N) is 4. The van der Waals surface area contributed by atoms with Crippen LogP contribution in [0.15, 0.2) is 65.4 Å². The lowest BCUT2D eigenvalue weighted by Gasteiger charge is -2.17. The normalized spacial score (nSPS) is 10.3. The summed E-state index contributed by atoms with van der Waals surface area (Å²) in [5.41, 5.74) is 6.31.